The molecule has 1 heterocycles. The maximum Gasteiger partial charge on any atom is 0.232 e. The molecule has 3 rings (SSSR count). The summed E-state index contributed by atoms with van der Waals surface area (Å²) in [6, 6.07) is 14.8. The van der Waals surface area contributed by atoms with Gasteiger partial charge in [0.2, 0.25) is 15.9 Å². The topological polar surface area (TPSA) is 72.2 Å². The van der Waals surface area contributed by atoms with Crippen LogP contribution in [0.5, 0.6) is 0 Å². The Kier molecular flexibility index (Phi) is 5.40. The molecule has 130 valence electrons. The predicted molar refractivity (Wildman–Crippen MR) is 102 cm³/mol. The molecular weight excluding hydrogens is 360 g/mol. The first-order chi connectivity index (χ1) is 12.1. The number of nitrogens with one attached hydrogen (secondary N) is 1. The van der Waals surface area contributed by atoms with Gasteiger partial charge >= 0.3 is 0 Å². The van der Waals surface area contributed by atoms with Gasteiger partial charge in [-0.1, -0.05) is 30.3 Å². The minimum absolute atomic E-state index is 0.0155. The summed E-state index contributed by atoms with van der Waals surface area (Å²) in [5, 5.41) is 0. The van der Waals surface area contributed by atoms with Crippen LogP contribution in [0.4, 0.5) is 5.69 Å². The first-order valence-electron chi connectivity index (χ1n) is 7.76. The SMILES string of the molecule is O=S(=O)(CCCCl)Nc1ccc2oc(C=Cc3ccccc3)nc2c1. The second-order valence-electron chi connectivity index (χ2n) is 5.44. The Labute approximate surface area is 151 Å². The van der Waals surface area contributed by atoms with Gasteiger partial charge in [0.15, 0.2) is 5.58 Å². The average Bonchev–Trinajstić information content (AvgIpc) is 3.01. The molecule has 3 aromatic rings. The first kappa shape index (κ1) is 17.5. The summed E-state index contributed by atoms with van der Waals surface area (Å²) in [6.45, 7) is 0. The maximum atomic E-state index is 11.9. The van der Waals surface area contributed by atoms with Crippen LogP contribution in [-0.2, 0) is 10.0 Å². The van der Waals surface area contributed by atoms with Crippen molar-refractivity contribution in [2.75, 3.05) is 16.4 Å². The number of rotatable bonds is 7. The minimum Gasteiger partial charge on any atom is -0.437 e. The standard InChI is InChI=1S/C18H17ClN2O3S/c19-11-4-12-25(22,23)21-15-8-9-17-16(13-15)20-18(24-17)10-7-14-5-2-1-3-6-14/h1-3,5-10,13,21H,4,11-12H2. The van der Waals surface area contributed by atoms with Crippen LogP contribution in [0.1, 0.15) is 17.9 Å². The van der Waals surface area contributed by atoms with Crippen LogP contribution in [0.25, 0.3) is 23.3 Å². The lowest BCUT2D eigenvalue weighted by atomic mass is 10.2. The minimum atomic E-state index is -3.41. The molecule has 0 amide bonds. The third-order valence-electron chi connectivity index (χ3n) is 3.44. The molecule has 7 heteroatoms. The van der Waals surface area contributed by atoms with E-state index in [1.165, 1.54) is 0 Å². The second kappa shape index (κ2) is 7.72. The van der Waals surface area contributed by atoms with Gasteiger partial charge < -0.3 is 4.42 Å². The molecule has 1 N–H and O–H groups in total. The number of benzene rings is 2. The summed E-state index contributed by atoms with van der Waals surface area (Å²) in [5.74, 6) is 0.750. The highest BCUT2D eigenvalue weighted by molar-refractivity contribution is 7.92. The number of anilines is 1. The number of hydrogen-bond donors (Lipinski definition) is 1. The molecule has 0 saturated heterocycles. The number of hydrogen-bond acceptors (Lipinski definition) is 4. The van der Waals surface area contributed by atoms with Crippen LogP contribution in [0.2, 0.25) is 0 Å². The molecule has 0 atom stereocenters. The van der Waals surface area contributed by atoms with Crippen molar-refractivity contribution in [1.82, 2.24) is 4.98 Å². The number of alkyl halides is 1. The van der Waals surface area contributed by atoms with Crippen LogP contribution in [0, 0.1) is 0 Å². The van der Waals surface area contributed by atoms with Crippen LogP contribution >= 0.6 is 11.6 Å². The Hall–Kier alpha value is -2.31. The van der Waals surface area contributed by atoms with Crippen molar-refractivity contribution in [2.45, 2.75) is 6.42 Å². The number of oxazole rings is 1. The monoisotopic (exact) mass is 376 g/mol. The van der Waals surface area contributed by atoms with E-state index >= 15 is 0 Å². The molecule has 1 aromatic heterocycles. The normalized spacial score (nSPS) is 12.0. The second-order valence-corrected chi connectivity index (χ2v) is 7.66. The van der Waals surface area contributed by atoms with Crippen molar-refractivity contribution >= 4 is 50.6 Å². The Balaban J connectivity index is 1.78. The number of halogens is 1. The quantitative estimate of drug-likeness (QED) is 0.621. The number of fused-ring (bicyclic) bond motifs is 1. The molecular formula is C18H17ClN2O3S. The zero-order chi connectivity index (χ0) is 17.7. The molecule has 0 unspecified atom stereocenters. The Bertz CT molecular complexity index is 982. The molecule has 25 heavy (non-hydrogen) atoms. The lowest BCUT2D eigenvalue weighted by Gasteiger charge is -2.06. The van der Waals surface area contributed by atoms with Crippen molar-refractivity contribution < 1.29 is 12.8 Å². The molecule has 0 radical (unpaired) electrons. The highest BCUT2D eigenvalue weighted by Gasteiger charge is 2.11. The van der Waals surface area contributed by atoms with Crippen molar-refractivity contribution in [3.8, 4) is 0 Å². The molecule has 0 aliphatic carbocycles. The van der Waals surface area contributed by atoms with E-state index in [9.17, 15) is 8.42 Å². The third-order valence-corrected chi connectivity index (χ3v) is 5.08. The average molecular weight is 377 g/mol. The summed E-state index contributed by atoms with van der Waals surface area (Å²) in [7, 11) is -3.41. The van der Waals surface area contributed by atoms with Gasteiger partial charge in [0.05, 0.1) is 11.4 Å². The lowest BCUT2D eigenvalue weighted by Crippen LogP contribution is -2.16. The summed E-state index contributed by atoms with van der Waals surface area (Å²) in [4.78, 5) is 4.37. The highest BCUT2D eigenvalue weighted by atomic mass is 35.5. The Morgan fingerprint density at radius 1 is 1.12 bits per heavy atom. The van der Waals surface area contributed by atoms with Gasteiger partial charge in [-0.3, -0.25) is 4.72 Å². The van der Waals surface area contributed by atoms with Crippen LogP contribution in [0.15, 0.2) is 52.9 Å². The molecule has 5 nitrogen and oxygen atoms in total. The highest BCUT2D eigenvalue weighted by Crippen LogP contribution is 2.22. The van der Waals surface area contributed by atoms with Gasteiger partial charge in [-0.25, -0.2) is 13.4 Å². The third kappa shape index (κ3) is 4.84. The predicted octanol–water partition coefficient (Wildman–Crippen LogP) is 4.37. The number of aromatic nitrogens is 1. The Morgan fingerprint density at radius 3 is 2.68 bits per heavy atom. The van der Waals surface area contributed by atoms with Crippen LogP contribution in [-0.4, -0.2) is 25.0 Å². The van der Waals surface area contributed by atoms with Crippen LogP contribution in [0.3, 0.4) is 0 Å². The zero-order valence-corrected chi connectivity index (χ0v) is 14.9. The van der Waals surface area contributed by atoms with Crippen molar-refractivity contribution in [3.63, 3.8) is 0 Å². The Morgan fingerprint density at radius 2 is 1.92 bits per heavy atom. The van der Waals surface area contributed by atoms with Gasteiger partial charge in [0.25, 0.3) is 0 Å². The lowest BCUT2D eigenvalue weighted by molar-refractivity contribution is 0.589. The van der Waals surface area contributed by atoms with Gasteiger partial charge in [-0.15, -0.1) is 11.6 Å². The summed E-state index contributed by atoms with van der Waals surface area (Å²) in [6.07, 6.45) is 4.08. The molecule has 0 saturated carbocycles. The van der Waals surface area contributed by atoms with E-state index in [-0.39, 0.29) is 5.75 Å². The zero-order valence-electron chi connectivity index (χ0n) is 13.4. The molecule has 0 bridgehead atoms. The van der Waals surface area contributed by atoms with E-state index in [1.54, 1.807) is 24.3 Å². The van der Waals surface area contributed by atoms with E-state index in [0.29, 0.717) is 35.0 Å². The molecule has 2 aromatic carbocycles. The fourth-order valence-electron chi connectivity index (χ4n) is 2.29. The fraction of sp³-hybridized carbons (Fsp3) is 0.167. The van der Waals surface area contributed by atoms with Crippen molar-refractivity contribution in [1.29, 1.82) is 0 Å². The largest absolute Gasteiger partial charge is 0.437 e. The smallest absolute Gasteiger partial charge is 0.232 e. The first-order valence-corrected chi connectivity index (χ1v) is 9.95. The van der Waals surface area contributed by atoms with Crippen LogP contribution < -0.4 is 4.72 Å². The maximum absolute atomic E-state index is 11.9. The number of nitrogens with zero attached hydrogens (tertiary/aromatic N) is 1. The molecule has 0 aliphatic heterocycles. The fourth-order valence-corrected chi connectivity index (χ4v) is 3.69. The van der Waals surface area contributed by atoms with Gasteiger partial charge in [-0.2, -0.15) is 0 Å². The summed E-state index contributed by atoms with van der Waals surface area (Å²) >= 11 is 5.54. The van der Waals surface area contributed by atoms with Crippen molar-refractivity contribution in [3.05, 3.63) is 60.0 Å². The van der Waals surface area contributed by atoms with E-state index in [2.05, 4.69) is 9.71 Å². The van der Waals surface area contributed by atoms with Crippen molar-refractivity contribution in [2.24, 2.45) is 0 Å². The van der Waals surface area contributed by atoms with E-state index in [0.717, 1.165) is 5.56 Å². The molecule has 0 spiro atoms. The van der Waals surface area contributed by atoms with Gasteiger partial charge in [-0.05, 0) is 36.3 Å². The van der Waals surface area contributed by atoms with E-state index in [1.807, 2.05) is 36.4 Å². The van der Waals surface area contributed by atoms with Gasteiger partial charge in [0.1, 0.15) is 5.52 Å². The molecule has 0 fully saturated rings. The van der Waals surface area contributed by atoms with E-state index < -0.39 is 10.0 Å². The van der Waals surface area contributed by atoms with Gasteiger partial charge in [0, 0.05) is 12.0 Å². The molecule has 0 aliphatic rings. The number of sulfonamides is 1. The van der Waals surface area contributed by atoms with E-state index in [4.69, 9.17) is 16.0 Å². The summed E-state index contributed by atoms with van der Waals surface area (Å²) < 4.78 is 32.0. The summed E-state index contributed by atoms with van der Waals surface area (Å²) in [5.41, 5.74) is 2.67.